The molecule has 0 saturated carbocycles. The third-order valence-corrected chi connectivity index (χ3v) is 6.77. The number of aromatic nitrogens is 1. The van der Waals surface area contributed by atoms with Gasteiger partial charge in [-0.15, -0.1) is 23.1 Å². The fourth-order valence-corrected chi connectivity index (χ4v) is 5.21. The lowest BCUT2D eigenvalue weighted by atomic mass is 10.1. The van der Waals surface area contributed by atoms with Crippen molar-refractivity contribution in [2.75, 3.05) is 5.32 Å². The number of amides is 1. The number of para-hydroxylation sites is 1. The zero-order chi connectivity index (χ0) is 19.6. The van der Waals surface area contributed by atoms with E-state index in [9.17, 15) is 4.79 Å². The summed E-state index contributed by atoms with van der Waals surface area (Å²) in [4.78, 5) is 19.8. The van der Waals surface area contributed by atoms with Gasteiger partial charge in [-0.2, -0.15) is 0 Å². The maximum Gasteiger partial charge on any atom is 0.257 e. The third kappa shape index (κ3) is 3.77. The van der Waals surface area contributed by atoms with Gasteiger partial charge in [0.1, 0.15) is 11.5 Å². The molecule has 2 heterocycles. The van der Waals surface area contributed by atoms with Gasteiger partial charge in [0.25, 0.3) is 5.91 Å². The Hall–Kier alpha value is -3.09. The van der Waals surface area contributed by atoms with Crippen LogP contribution >= 0.6 is 23.1 Å². The van der Waals surface area contributed by atoms with E-state index in [0.717, 1.165) is 22.8 Å². The molecule has 3 aromatic carbocycles. The van der Waals surface area contributed by atoms with E-state index in [4.69, 9.17) is 4.74 Å². The van der Waals surface area contributed by atoms with Crippen LogP contribution in [-0.4, -0.2) is 10.9 Å². The summed E-state index contributed by atoms with van der Waals surface area (Å²) in [7, 11) is 0. The average Bonchev–Trinajstić information content (AvgIpc) is 3.18. The van der Waals surface area contributed by atoms with E-state index < -0.39 is 0 Å². The van der Waals surface area contributed by atoms with Crippen molar-refractivity contribution in [1.29, 1.82) is 0 Å². The first-order valence-corrected chi connectivity index (χ1v) is 10.9. The van der Waals surface area contributed by atoms with Crippen molar-refractivity contribution < 1.29 is 9.53 Å². The third-order valence-electron chi connectivity index (χ3n) is 4.51. The zero-order valence-corrected chi connectivity index (χ0v) is 16.9. The lowest BCUT2D eigenvalue weighted by molar-refractivity contribution is 0.102. The highest BCUT2D eigenvalue weighted by Gasteiger charge is 2.21. The van der Waals surface area contributed by atoms with Crippen molar-refractivity contribution in [2.45, 2.75) is 10.6 Å². The summed E-state index contributed by atoms with van der Waals surface area (Å²) in [6, 6.07) is 24.9. The Bertz CT molecular complexity index is 1170. The highest BCUT2D eigenvalue weighted by molar-refractivity contribution is 7.98. The molecule has 0 unspecified atom stereocenters. The van der Waals surface area contributed by atoms with Crippen LogP contribution in [0.2, 0.25) is 0 Å². The standard InChI is InChI=1S/C23H16N2O2S2/c26-22(15-10-12-17(13-11-15)27-16-6-2-1-3-7-16)25-23-24-21-18-8-4-5-9-19(18)28-14-20(21)29-23/h1-13H,14H2,(H,24,25,26). The summed E-state index contributed by atoms with van der Waals surface area (Å²) in [5, 5.41) is 3.56. The normalized spacial score (nSPS) is 12.0. The van der Waals surface area contributed by atoms with Crippen LogP contribution in [0.3, 0.4) is 0 Å². The monoisotopic (exact) mass is 416 g/mol. The molecule has 0 aliphatic carbocycles. The Morgan fingerprint density at radius 1 is 0.897 bits per heavy atom. The number of ether oxygens (including phenoxy) is 1. The fourth-order valence-electron chi connectivity index (χ4n) is 3.11. The van der Waals surface area contributed by atoms with E-state index in [2.05, 4.69) is 22.4 Å². The number of hydrogen-bond acceptors (Lipinski definition) is 5. The second-order valence-corrected chi connectivity index (χ2v) is 8.57. The van der Waals surface area contributed by atoms with Crippen LogP contribution in [0.25, 0.3) is 11.3 Å². The number of carbonyl (C=O) groups is 1. The number of benzene rings is 3. The van der Waals surface area contributed by atoms with Crippen LogP contribution in [0, 0.1) is 0 Å². The van der Waals surface area contributed by atoms with E-state index in [1.54, 1.807) is 36.0 Å². The molecule has 4 aromatic rings. The number of thiazole rings is 1. The van der Waals surface area contributed by atoms with Crippen LogP contribution in [0.5, 0.6) is 11.5 Å². The van der Waals surface area contributed by atoms with Gasteiger partial charge in [0, 0.05) is 26.7 Å². The second-order valence-electron chi connectivity index (χ2n) is 6.47. The lowest BCUT2D eigenvalue weighted by Gasteiger charge is -2.13. The number of rotatable bonds is 4. The number of fused-ring (bicyclic) bond motifs is 3. The summed E-state index contributed by atoms with van der Waals surface area (Å²) < 4.78 is 5.78. The predicted octanol–water partition coefficient (Wildman–Crippen LogP) is 6.46. The molecule has 142 valence electrons. The van der Waals surface area contributed by atoms with Crippen LogP contribution in [0.15, 0.2) is 83.8 Å². The molecule has 1 aromatic heterocycles. The Morgan fingerprint density at radius 3 is 2.45 bits per heavy atom. The van der Waals surface area contributed by atoms with E-state index in [1.165, 1.54) is 21.1 Å². The molecule has 0 bridgehead atoms. The molecule has 5 rings (SSSR count). The minimum atomic E-state index is -0.178. The number of nitrogens with zero attached hydrogens (tertiary/aromatic N) is 1. The molecular formula is C23H16N2O2S2. The van der Waals surface area contributed by atoms with Gasteiger partial charge in [-0.3, -0.25) is 10.1 Å². The molecule has 1 aliphatic heterocycles. The molecule has 4 nitrogen and oxygen atoms in total. The summed E-state index contributed by atoms with van der Waals surface area (Å²) in [6.45, 7) is 0. The van der Waals surface area contributed by atoms with E-state index in [-0.39, 0.29) is 5.91 Å². The second kappa shape index (κ2) is 7.73. The van der Waals surface area contributed by atoms with E-state index in [0.29, 0.717) is 16.4 Å². The highest BCUT2D eigenvalue weighted by Crippen LogP contribution is 2.44. The SMILES string of the molecule is O=C(Nc1nc2c(s1)CSc1ccccc1-2)c1ccc(Oc2ccccc2)cc1. The molecule has 0 saturated heterocycles. The Balaban J connectivity index is 1.31. The molecule has 1 aliphatic rings. The Morgan fingerprint density at radius 2 is 1.62 bits per heavy atom. The van der Waals surface area contributed by atoms with Gasteiger partial charge in [-0.1, -0.05) is 36.4 Å². The number of hydrogen-bond donors (Lipinski definition) is 1. The molecule has 0 fully saturated rings. The van der Waals surface area contributed by atoms with E-state index >= 15 is 0 Å². The van der Waals surface area contributed by atoms with Crippen LogP contribution in [0.4, 0.5) is 5.13 Å². The number of nitrogens with one attached hydrogen (secondary N) is 1. The first kappa shape index (κ1) is 18.0. The predicted molar refractivity (Wildman–Crippen MR) is 118 cm³/mol. The first-order chi connectivity index (χ1) is 14.3. The van der Waals surface area contributed by atoms with Crippen LogP contribution < -0.4 is 10.1 Å². The molecule has 6 heteroatoms. The topological polar surface area (TPSA) is 51.2 Å². The van der Waals surface area contributed by atoms with Crippen molar-refractivity contribution in [3.05, 3.63) is 89.3 Å². The molecule has 1 N–H and O–H groups in total. The summed E-state index contributed by atoms with van der Waals surface area (Å²) in [6.07, 6.45) is 0. The minimum Gasteiger partial charge on any atom is -0.457 e. The number of carbonyl (C=O) groups excluding carboxylic acids is 1. The van der Waals surface area contributed by atoms with Crippen LogP contribution in [0.1, 0.15) is 15.2 Å². The summed E-state index contributed by atoms with van der Waals surface area (Å²) in [5.74, 6) is 2.15. The van der Waals surface area contributed by atoms with Crippen LogP contribution in [-0.2, 0) is 5.75 Å². The van der Waals surface area contributed by atoms with E-state index in [1.807, 2.05) is 42.5 Å². The first-order valence-electron chi connectivity index (χ1n) is 9.12. The molecule has 0 radical (unpaired) electrons. The largest absolute Gasteiger partial charge is 0.457 e. The quantitative estimate of drug-likeness (QED) is 0.415. The average molecular weight is 417 g/mol. The minimum absolute atomic E-state index is 0.178. The van der Waals surface area contributed by atoms with Gasteiger partial charge in [0.05, 0.1) is 5.69 Å². The molecule has 29 heavy (non-hydrogen) atoms. The maximum atomic E-state index is 12.7. The maximum absolute atomic E-state index is 12.7. The molecular weight excluding hydrogens is 400 g/mol. The van der Waals surface area contributed by atoms with Crippen molar-refractivity contribution >= 4 is 34.1 Å². The molecule has 0 spiro atoms. The van der Waals surface area contributed by atoms with Crippen molar-refractivity contribution in [2.24, 2.45) is 0 Å². The summed E-state index contributed by atoms with van der Waals surface area (Å²) in [5.41, 5.74) is 2.68. The van der Waals surface area contributed by atoms with Gasteiger partial charge in [0.15, 0.2) is 5.13 Å². The zero-order valence-electron chi connectivity index (χ0n) is 15.3. The number of thioether (sulfide) groups is 1. The molecule has 1 amide bonds. The van der Waals surface area contributed by atoms with Gasteiger partial charge in [0.2, 0.25) is 0 Å². The highest BCUT2D eigenvalue weighted by atomic mass is 32.2. The fraction of sp³-hybridized carbons (Fsp3) is 0.0435. The summed E-state index contributed by atoms with van der Waals surface area (Å²) >= 11 is 3.34. The van der Waals surface area contributed by atoms with Gasteiger partial charge < -0.3 is 4.74 Å². The van der Waals surface area contributed by atoms with Gasteiger partial charge >= 0.3 is 0 Å². The smallest absolute Gasteiger partial charge is 0.257 e. The van der Waals surface area contributed by atoms with Gasteiger partial charge in [-0.25, -0.2) is 4.98 Å². The van der Waals surface area contributed by atoms with Crippen molar-refractivity contribution in [3.63, 3.8) is 0 Å². The Labute approximate surface area is 176 Å². The Kier molecular flexibility index (Phi) is 4.79. The number of anilines is 1. The van der Waals surface area contributed by atoms with Crippen molar-refractivity contribution in [3.8, 4) is 22.8 Å². The van der Waals surface area contributed by atoms with Gasteiger partial charge in [-0.05, 0) is 42.5 Å². The van der Waals surface area contributed by atoms with Crippen molar-refractivity contribution in [1.82, 2.24) is 4.98 Å². The lowest BCUT2D eigenvalue weighted by Crippen LogP contribution is -2.11. The molecule has 0 atom stereocenters.